The smallest absolute Gasteiger partial charge is 0.207 e. The molecule has 1 aliphatic heterocycles. The molecule has 0 radical (unpaired) electrons. The van der Waals surface area contributed by atoms with E-state index in [4.69, 9.17) is 14.2 Å². The largest absolute Gasteiger partial charge is 0.494 e. The first-order chi connectivity index (χ1) is 10.7. The number of aliphatic hydroxyl groups is 1. The zero-order valence-corrected chi connectivity index (χ0v) is 12.5. The van der Waals surface area contributed by atoms with Gasteiger partial charge in [-0.3, -0.25) is 4.79 Å². The summed E-state index contributed by atoms with van der Waals surface area (Å²) >= 11 is 0. The van der Waals surface area contributed by atoms with Gasteiger partial charge in [-0.1, -0.05) is 0 Å². The minimum absolute atomic E-state index is 0.0444. The Kier molecular flexibility index (Phi) is 4.34. The lowest BCUT2D eigenvalue weighted by Gasteiger charge is -2.35. The minimum Gasteiger partial charge on any atom is -0.494 e. The van der Waals surface area contributed by atoms with E-state index in [0.717, 1.165) is 5.75 Å². The SMILES string of the molecule is CCOc1ccc(OC2=COC3CC(O)CCC3C2=O)cc1. The number of hydrogen-bond donors (Lipinski definition) is 1. The quantitative estimate of drug-likeness (QED) is 0.925. The van der Waals surface area contributed by atoms with Crippen LogP contribution in [0.25, 0.3) is 0 Å². The Hall–Kier alpha value is -2.01. The molecule has 2 aliphatic rings. The van der Waals surface area contributed by atoms with Crippen LogP contribution in [0, 0.1) is 5.92 Å². The van der Waals surface area contributed by atoms with E-state index in [-0.39, 0.29) is 29.7 Å². The maximum Gasteiger partial charge on any atom is 0.207 e. The van der Waals surface area contributed by atoms with Crippen LogP contribution in [-0.2, 0) is 9.53 Å². The molecule has 118 valence electrons. The van der Waals surface area contributed by atoms with Crippen LogP contribution in [0.15, 0.2) is 36.3 Å². The van der Waals surface area contributed by atoms with Crippen molar-refractivity contribution in [3.63, 3.8) is 0 Å². The fourth-order valence-electron chi connectivity index (χ4n) is 2.92. The average molecular weight is 304 g/mol. The molecule has 3 rings (SSSR count). The Morgan fingerprint density at radius 1 is 1.23 bits per heavy atom. The van der Waals surface area contributed by atoms with Gasteiger partial charge < -0.3 is 19.3 Å². The van der Waals surface area contributed by atoms with E-state index in [2.05, 4.69) is 0 Å². The zero-order chi connectivity index (χ0) is 15.5. The van der Waals surface area contributed by atoms with E-state index >= 15 is 0 Å². The van der Waals surface area contributed by atoms with Crippen molar-refractivity contribution in [3.05, 3.63) is 36.3 Å². The lowest BCUT2D eigenvalue weighted by Crippen LogP contribution is -2.41. The molecular formula is C17H20O5. The molecule has 3 unspecified atom stereocenters. The van der Waals surface area contributed by atoms with Gasteiger partial charge in [0, 0.05) is 6.42 Å². The summed E-state index contributed by atoms with van der Waals surface area (Å²) in [4.78, 5) is 12.5. The molecule has 1 saturated carbocycles. The molecule has 0 amide bonds. The summed E-state index contributed by atoms with van der Waals surface area (Å²) in [5.74, 6) is 1.29. The fraction of sp³-hybridized carbons (Fsp3) is 0.471. The van der Waals surface area contributed by atoms with Gasteiger partial charge in [0.2, 0.25) is 11.5 Å². The van der Waals surface area contributed by atoms with Crippen LogP contribution in [0.2, 0.25) is 0 Å². The number of rotatable bonds is 4. The number of carbonyl (C=O) groups is 1. The molecule has 1 aliphatic carbocycles. The molecule has 1 heterocycles. The molecule has 0 spiro atoms. The molecule has 1 aromatic rings. The third kappa shape index (κ3) is 3.09. The molecular weight excluding hydrogens is 284 g/mol. The minimum atomic E-state index is -0.379. The highest BCUT2D eigenvalue weighted by molar-refractivity contribution is 5.96. The predicted molar refractivity (Wildman–Crippen MR) is 79.5 cm³/mol. The number of Topliss-reactive ketones (excluding diaryl/α,β-unsaturated/α-hetero) is 1. The van der Waals surface area contributed by atoms with E-state index < -0.39 is 0 Å². The summed E-state index contributed by atoms with van der Waals surface area (Å²) in [5, 5.41) is 9.65. The number of benzene rings is 1. The van der Waals surface area contributed by atoms with Crippen molar-refractivity contribution in [2.75, 3.05) is 6.61 Å². The summed E-state index contributed by atoms with van der Waals surface area (Å²) in [6.07, 6.45) is 2.53. The normalized spacial score (nSPS) is 27.5. The topological polar surface area (TPSA) is 65.0 Å². The lowest BCUT2D eigenvalue weighted by atomic mass is 9.80. The second kappa shape index (κ2) is 6.40. The van der Waals surface area contributed by atoms with Crippen molar-refractivity contribution >= 4 is 5.78 Å². The van der Waals surface area contributed by atoms with Crippen LogP contribution in [0.3, 0.4) is 0 Å². The average Bonchev–Trinajstić information content (AvgIpc) is 2.52. The number of hydrogen-bond acceptors (Lipinski definition) is 5. The van der Waals surface area contributed by atoms with E-state index in [9.17, 15) is 9.90 Å². The Balaban J connectivity index is 1.68. The van der Waals surface area contributed by atoms with Crippen molar-refractivity contribution < 1.29 is 24.1 Å². The first-order valence-corrected chi connectivity index (χ1v) is 7.66. The predicted octanol–water partition coefficient (Wildman–Crippen LogP) is 2.43. The monoisotopic (exact) mass is 304 g/mol. The molecule has 5 heteroatoms. The Morgan fingerprint density at radius 2 is 1.95 bits per heavy atom. The highest BCUT2D eigenvalue weighted by Gasteiger charge is 2.40. The van der Waals surface area contributed by atoms with Crippen LogP contribution in [0.1, 0.15) is 26.2 Å². The highest BCUT2D eigenvalue weighted by Crippen LogP contribution is 2.34. The Morgan fingerprint density at radius 3 is 2.68 bits per heavy atom. The summed E-state index contributed by atoms with van der Waals surface area (Å²) < 4.78 is 16.6. The van der Waals surface area contributed by atoms with Crippen molar-refractivity contribution in [2.24, 2.45) is 5.92 Å². The van der Waals surface area contributed by atoms with Crippen LogP contribution in [-0.4, -0.2) is 29.7 Å². The number of ketones is 1. The number of ether oxygens (including phenoxy) is 3. The summed E-state index contributed by atoms with van der Waals surface area (Å²) in [5.41, 5.74) is 0. The van der Waals surface area contributed by atoms with Crippen molar-refractivity contribution in [2.45, 2.75) is 38.4 Å². The van der Waals surface area contributed by atoms with Gasteiger partial charge in [0.1, 0.15) is 23.9 Å². The summed E-state index contributed by atoms with van der Waals surface area (Å²) in [7, 11) is 0. The molecule has 1 N–H and O–H groups in total. The molecule has 0 aromatic heterocycles. The van der Waals surface area contributed by atoms with Gasteiger partial charge in [-0.05, 0) is 44.0 Å². The van der Waals surface area contributed by atoms with Crippen LogP contribution in [0.4, 0.5) is 0 Å². The number of carbonyl (C=O) groups excluding carboxylic acids is 1. The van der Waals surface area contributed by atoms with Gasteiger partial charge in [-0.25, -0.2) is 0 Å². The molecule has 0 bridgehead atoms. The summed E-state index contributed by atoms with van der Waals surface area (Å²) in [6.45, 7) is 2.53. The molecule has 3 atom stereocenters. The standard InChI is InChI=1S/C17H20O5/c1-2-20-12-4-6-13(7-5-12)22-16-10-21-15-9-11(18)3-8-14(15)17(16)19/h4-7,10-11,14-15,18H,2-3,8-9H2,1H3. The van der Waals surface area contributed by atoms with Gasteiger partial charge in [-0.15, -0.1) is 0 Å². The Labute approximate surface area is 129 Å². The van der Waals surface area contributed by atoms with Crippen LogP contribution >= 0.6 is 0 Å². The van der Waals surface area contributed by atoms with Gasteiger partial charge in [0.05, 0.1) is 18.6 Å². The maximum absolute atomic E-state index is 12.5. The lowest BCUT2D eigenvalue weighted by molar-refractivity contribution is -0.132. The van der Waals surface area contributed by atoms with Crippen molar-refractivity contribution in [1.29, 1.82) is 0 Å². The van der Waals surface area contributed by atoms with E-state index in [1.54, 1.807) is 24.3 Å². The van der Waals surface area contributed by atoms with Crippen LogP contribution in [0.5, 0.6) is 11.5 Å². The second-order valence-corrected chi connectivity index (χ2v) is 5.60. The highest BCUT2D eigenvalue weighted by atomic mass is 16.5. The van der Waals surface area contributed by atoms with Gasteiger partial charge in [-0.2, -0.15) is 0 Å². The fourth-order valence-corrected chi connectivity index (χ4v) is 2.92. The molecule has 22 heavy (non-hydrogen) atoms. The Bertz CT molecular complexity index is 563. The summed E-state index contributed by atoms with van der Waals surface area (Å²) in [6, 6.07) is 7.12. The first-order valence-electron chi connectivity index (χ1n) is 7.66. The molecule has 0 saturated heterocycles. The zero-order valence-electron chi connectivity index (χ0n) is 12.5. The molecule has 1 fully saturated rings. The second-order valence-electron chi connectivity index (χ2n) is 5.60. The van der Waals surface area contributed by atoms with E-state index in [1.165, 1.54) is 6.26 Å². The first kappa shape index (κ1) is 14.9. The van der Waals surface area contributed by atoms with Crippen molar-refractivity contribution in [3.8, 4) is 11.5 Å². The molecule has 1 aromatic carbocycles. The van der Waals surface area contributed by atoms with E-state index in [0.29, 0.717) is 31.6 Å². The third-order valence-corrected chi connectivity index (χ3v) is 4.06. The number of fused-ring (bicyclic) bond motifs is 1. The number of aliphatic hydroxyl groups excluding tert-OH is 1. The maximum atomic E-state index is 12.5. The molecule has 5 nitrogen and oxygen atoms in total. The van der Waals surface area contributed by atoms with Gasteiger partial charge in [0.25, 0.3) is 0 Å². The number of allylic oxidation sites excluding steroid dienone is 1. The van der Waals surface area contributed by atoms with Gasteiger partial charge in [0.15, 0.2) is 0 Å². The third-order valence-electron chi connectivity index (χ3n) is 4.06. The van der Waals surface area contributed by atoms with Gasteiger partial charge >= 0.3 is 0 Å². The van der Waals surface area contributed by atoms with E-state index in [1.807, 2.05) is 6.92 Å². The van der Waals surface area contributed by atoms with Crippen LogP contribution < -0.4 is 9.47 Å². The van der Waals surface area contributed by atoms with Crippen molar-refractivity contribution in [1.82, 2.24) is 0 Å².